The van der Waals surface area contributed by atoms with Gasteiger partial charge in [-0.05, 0) is 24.6 Å². The number of rotatable bonds is 5. The Morgan fingerprint density at radius 3 is 2.72 bits per heavy atom. The van der Waals surface area contributed by atoms with E-state index >= 15 is 0 Å². The molecule has 0 bridgehead atoms. The van der Waals surface area contributed by atoms with Crippen LogP contribution < -0.4 is 10.1 Å². The summed E-state index contributed by atoms with van der Waals surface area (Å²) in [4.78, 5) is 0. The maximum absolute atomic E-state index is 5.66. The molecule has 0 amide bonds. The van der Waals surface area contributed by atoms with Crippen molar-refractivity contribution in [1.82, 2.24) is 5.32 Å². The van der Waals surface area contributed by atoms with Crippen LogP contribution in [0.2, 0.25) is 0 Å². The predicted molar refractivity (Wildman–Crippen MR) is 69.9 cm³/mol. The zero-order chi connectivity index (χ0) is 12.8. The Labute approximate surface area is 108 Å². The Kier molecular flexibility index (Phi) is 4.99. The fourth-order valence-electron chi connectivity index (χ4n) is 1.95. The van der Waals surface area contributed by atoms with E-state index in [1.807, 2.05) is 12.1 Å². The van der Waals surface area contributed by atoms with Crippen molar-refractivity contribution in [1.29, 1.82) is 0 Å². The molecule has 1 heterocycles. The second-order valence-electron chi connectivity index (χ2n) is 4.50. The van der Waals surface area contributed by atoms with E-state index in [9.17, 15) is 0 Å². The predicted octanol–water partition coefficient (Wildman–Crippen LogP) is 1.59. The van der Waals surface area contributed by atoms with Gasteiger partial charge in [-0.2, -0.15) is 0 Å². The minimum absolute atomic E-state index is 0.150. The van der Waals surface area contributed by atoms with Crippen LogP contribution >= 0.6 is 0 Å². The molecule has 0 aromatic heterocycles. The van der Waals surface area contributed by atoms with Gasteiger partial charge in [0.2, 0.25) is 0 Å². The van der Waals surface area contributed by atoms with Crippen LogP contribution in [-0.4, -0.2) is 39.1 Å². The first-order valence-corrected chi connectivity index (χ1v) is 6.35. The zero-order valence-corrected chi connectivity index (χ0v) is 11.0. The minimum Gasteiger partial charge on any atom is -0.497 e. The summed E-state index contributed by atoms with van der Waals surface area (Å²) in [5.41, 5.74) is 1.24. The topological polar surface area (TPSA) is 39.7 Å². The molecule has 0 aliphatic carbocycles. The van der Waals surface area contributed by atoms with Gasteiger partial charge in [-0.1, -0.05) is 12.1 Å². The van der Waals surface area contributed by atoms with E-state index in [0.717, 1.165) is 12.3 Å². The van der Waals surface area contributed by atoms with Gasteiger partial charge in [0, 0.05) is 12.6 Å². The normalized spacial score (nSPS) is 21.6. The number of hydrogen-bond acceptors (Lipinski definition) is 4. The number of nitrogens with one attached hydrogen (secondary N) is 1. The van der Waals surface area contributed by atoms with Gasteiger partial charge in [0.1, 0.15) is 5.75 Å². The smallest absolute Gasteiger partial charge is 0.118 e. The first-order valence-electron chi connectivity index (χ1n) is 6.35. The molecule has 4 heteroatoms. The van der Waals surface area contributed by atoms with Crippen LogP contribution in [0.4, 0.5) is 0 Å². The van der Waals surface area contributed by atoms with E-state index in [4.69, 9.17) is 14.2 Å². The lowest BCUT2D eigenvalue weighted by Gasteiger charge is -2.28. The molecule has 1 aliphatic heterocycles. The van der Waals surface area contributed by atoms with E-state index in [1.165, 1.54) is 5.56 Å². The molecular weight excluding hydrogens is 230 g/mol. The molecule has 1 aromatic rings. The van der Waals surface area contributed by atoms with Crippen molar-refractivity contribution in [2.75, 3.05) is 26.9 Å². The lowest BCUT2D eigenvalue weighted by molar-refractivity contribution is -0.0992. The summed E-state index contributed by atoms with van der Waals surface area (Å²) in [6, 6.07) is 8.37. The quantitative estimate of drug-likeness (QED) is 0.862. The first kappa shape index (κ1) is 13.3. The van der Waals surface area contributed by atoms with E-state index in [1.54, 1.807) is 7.11 Å². The van der Waals surface area contributed by atoms with Gasteiger partial charge in [0.15, 0.2) is 0 Å². The fourth-order valence-corrected chi connectivity index (χ4v) is 1.95. The van der Waals surface area contributed by atoms with Crippen LogP contribution in [0.3, 0.4) is 0 Å². The van der Waals surface area contributed by atoms with Crippen LogP contribution in [0.1, 0.15) is 12.5 Å². The third-order valence-electron chi connectivity index (χ3n) is 3.19. The number of ether oxygens (including phenoxy) is 3. The summed E-state index contributed by atoms with van der Waals surface area (Å²) >= 11 is 0. The third-order valence-corrected chi connectivity index (χ3v) is 3.19. The Balaban J connectivity index is 1.78. The first-order chi connectivity index (χ1) is 8.79. The molecule has 100 valence electrons. The maximum atomic E-state index is 5.66. The van der Waals surface area contributed by atoms with Crippen molar-refractivity contribution < 1.29 is 14.2 Å². The SMILES string of the molecule is COc1ccc(CNC(C)C2COCCO2)cc1. The summed E-state index contributed by atoms with van der Waals surface area (Å²) in [6.07, 6.45) is 0.150. The summed E-state index contributed by atoms with van der Waals surface area (Å²) in [7, 11) is 1.68. The van der Waals surface area contributed by atoms with E-state index < -0.39 is 0 Å². The molecule has 1 aromatic carbocycles. The summed E-state index contributed by atoms with van der Waals surface area (Å²) in [5.74, 6) is 0.885. The van der Waals surface area contributed by atoms with Gasteiger partial charge in [0.05, 0.1) is 33.0 Å². The maximum Gasteiger partial charge on any atom is 0.118 e. The largest absolute Gasteiger partial charge is 0.497 e. The highest BCUT2D eigenvalue weighted by Gasteiger charge is 2.20. The number of hydrogen-bond donors (Lipinski definition) is 1. The minimum atomic E-state index is 0.150. The van der Waals surface area contributed by atoms with Gasteiger partial charge < -0.3 is 19.5 Å². The molecule has 1 fully saturated rings. The molecule has 4 nitrogen and oxygen atoms in total. The van der Waals surface area contributed by atoms with E-state index in [-0.39, 0.29) is 12.1 Å². The lowest BCUT2D eigenvalue weighted by Crippen LogP contribution is -2.44. The fraction of sp³-hybridized carbons (Fsp3) is 0.571. The van der Waals surface area contributed by atoms with Gasteiger partial charge >= 0.3 is 0 Å². The Morgan fingerprint density at radius 2 is 2.11 bits per heavy atom. The molecule has 2 atom stereocenters. The number of methoxy groups -OCH3 is 1. The highest BCUT2D eigenvalue weighted by Crippen LogP contribution is 2.12. The Bertz CT molecular complexity index is 347. The second-order valence-corrected chi connectivity index (χ2v) is 4.50. The van der Waals surface area contributed by atoms with Crippen LogP contribution in [0, 0.1) is 0 Å². The van der Waals surface area contributed by atoms with Crippen molar-refractivity contribution in [3.63, 3.8) is 0 Å². The zero-order valence-electron chi connectivity index (χ0n) is 11.0. The van der Waals surface area contributed by atoms with Crippen LogP contribution in [0.25, 0.3) is 0 Å². The third kappa shape index (κ3) is 3.70. The van der Waals surface area contributed by atoms with Crippen molar-refractivity contribution in [3.8, 4) is 5.75 Å². The molecule has 2 rings (SSSR count). The van der Waals surface area contributed by atoms with Crippen LogP contribution in [0.15, 0.2) is 24.3 Å². The van der Waals surface area contributed by atoms with Gasteiger partial charge in [-0.15, -0.1) is 0 Å². The Hall–Kier alpha value is -1.10. The standard InChI is InChI=1S/C14H21NO3/c1-11(14-10-17-7-8-18-14)15-9-12-3-5-13(16-2)6-4-12/h3-6,11,14-15H,7-10H2,1-2H3. The molecule has 18 heavy (non-hydrogen) atoms. The molecule has 1 N–H and O–H groups in total. The van der Waals surface area contributed by atoms with Crippen LogP contribution in [-0.2, 0) is 16.0 Å². The second kappa shape index (κ2) is 6.73. The average Bonchev–Trinajstić information content (AvgIpc) is 2.46. The van der Waals surface area contributed by atoms with Crippen molar-refractivity contribution >= 4 is 0 Å². The molecular formula is C14H21NO3. The van der Waals surface area contributed by atoms with Crippen LogP contribution in [0.5, 0.6) is 5.75 Å². The molecule has 0 radical (unpaired) electrons. The molecule has 1 aliphatic rings. The van der Waals surface area contributed by atoms with Gasteiger partial charge in [-0.25, -0.2) is 0 Å². The monoisotopic (exact) mass is 251 g/mol. The molecule has 2 unspecified atom stereocenters. The average molecular weight is 251 g/mol. The van der Waals surface area contributed by atoms with Gasteiger partial charge in [0.25, 0.3) is 0 Å². The Morgan fingerprint density at radius 1 is 1.33 bits per heavy atom. The highest BCUT2D eigenvalue weighted by molar-refractivity contribution is 5.27. The van der Waals surface area contributed by atoms with E-state index in [0.29, 0.717) is 19.8 Å². The highest BCUT2D eigenvalue weighted by atomic mass is 16.6. The summed E-state index contributed by atoms with van der Waals surface area (Å²) in [6.45, 7) is 5.03. The molecule has 1 saturated heterocycles. The van der Waals surface area contributed by atoms with Crippen molar-refractivity contribution in [2.45, 2.75) is 25.6 Å². The molecule has 0 spiro atoms. The summed E-state index contributed by atoms with van der Waals surface area (Å²) in [5, 5.41) is 3.46. The van der Waals surface area contributed by atoms with Crippen molar-refractivity contribution in [3.05, 3.63) is 29.8 Å². The van der Waals surface area contributed by atoms with Crippen molar-refractivity contribution in [2.24, 2.45) is 0 Å². The lowest BCUT2D eigenvalue weighted by atomic mass is 10.1. The van der Waals surface area contributed by atoms with E-state index in [2.05, 4.69) is 24.4 Å². The molecule has 0 saturated carbocycles. The number of benzene rings is 1. The summed E-state index contributed by atoms with van der Waals surface area (Å²) < 4.78 is 16.2. The van der Waals surface area contributed by atoms with Gasteiger partial charge in [-0.3, -0.25) is 0 Å².